The second-order valence-electron chi connectivity index (χ2n) is 6.68. The number of aliphatic hydroxyl groups excluding tert-OH is 1. The van der Waals surface area contributed by atoms with Crippen LogP contribution in [0.3, 0.4) is 0 Å². The number of methoxy groups -OCH3 is 2. The number of benzene rings is 1. The van der Waals surface area contributed by atoms with Crippen LogP contribution in [0.25, 0.3) is 0 Å². The Hall–Kier alpha value is -1.30. The average molecular weight is 321 g/mol. The van der Waals surface area contributed by atoms with Crippen molar-refractivity contribution in [2.75, 3.05) is 33.9 Å². The fourth-order valence-electron chi connectivity index (χ4n) is 3.68. The summed E-state index contributed by atoms with van der Waals surface area (Å²) in [6, 6.07) is 6.02. The minimum atomic E-state index is -0.196. The summed E-state index contributed by atoms with van der Waals surface area (Å²) in [6.07, 6.45) is 3.34. The molecule has 1 aromatic carbocycles. The Balaban J connectivity index is 1.60. The van der Waals surface area contributed by atoms with Crippen LogP contribution in [0, 0.1) is 0 Å². The summed E-state index contributed by atoms with van der Waals surface area (Å²) in [5, 5.41) is 9.92. The topological polar surface area (TPSA) is 51.2 Å². The van der Waals surface area contributed by atoms with E-state index < -0.39 is 0 Å². The molecular formula is C18H27NO4. The van der Waals surface area contributed by atoms with E-state index in [1.54, 1.807) is 14.2 Å². The number of hydrogen-bond acceptors (Lipinski definition) is 5. The first-order valence-electron chi connectivity index (χ1n) is 8.39. The molecule has 128 valence electrons. The molecule has 2 aliphatic rings. The second-order valence-corrected chi connectivity index (χ2v) is 6.68. The van der Waals surface area contributed by atoms with Crippen LogP contribution in [0.4, 0.5) is 0 Å². The van der Waals surface area contributed by atoms with Gasteiger partial charge in [0.15, 0.2) is 0 Å². The SMILES string of the molecule is COc1cc(CN2CCC3(CC2)CC(O)CCO3)cc(OC)c1. The van der Waals surface area contributed by atoms with Crippen molar-refractivity contribution in [1.82, 2.24) is 4.90 Å². The Morgan fingerprint density at radius 3 is 2.39 bits per heavy atom. The lowest BCUT2D eigenvalue weighted by atomic mass is 9.83. The molecule has 1 unspecified atom stereocenters. The van der Waals surface area contributed by atoms with Gasteiger partial charge in [0, 0.05) is 38.7 Å². The van der Waals surface area contributed by atoms with Crippen LogP contribution >= 0.6 is 0 Å². The molecule has 2 heterocycles. The van der Waals surface area contributed by atoms with Gasteiger partial charge in [-0.3, -0.25) is 4.90 Å². The van der Waals surface area contributed by atoms with Gasteiger partial charge in [0.2, 0.25) is 0 Å². The van der Waals surface area contributed by atoms with E-state index in [1.165, 1.54) is 5.56 Å². The Kier molecular flexibility index (Phi) is 5.09. The Morgan fingerprint density at radius 2 is 1.83 bits per heavy atom. The Morgan fingerprint density at radius 1 is 1.17 bits per heavy atom. The van der Waals surface area contributed by atoms with E-state index in [2.05, 4.69) is 17.0 Å². The van der Waals surface area contributed by atoms with E-state index in [4.69, 9.17) is 14.2 Å². The highest BCUT2D eigenvalue weighted by atomic mass is 16.5. The first-order valence-corrected chi connectivity index (χ1v) is 8.39. The minimum Gasteiger partial charge on any atom is -0.497 e. The molecule has 0 saturated carbocycles. The quantitative estimate of drug-likeness (QED) is 0.921. The predicted octanol–water partition coefficient (Wildman–Crippen LogP) is 2.21. The number of rotatable bonds is 4. The molecule has 2 fully saturated rings. The third kappa shape index (κ3) is 3.97. The zero-order valence-corrected chi connectivity index (χ0v) is 14.1. The summed E-state index contributed by atoms with van der Waals surface area (Å²) in [5.41, 5.74) is 1.10. The monoisotopic (exact) mass is 321 g/mol. The van der Waals surface area contributed by atoms with E-state index in [9.17, 15) is 5.11 Å². The third-order valence-corrected chi connectivity index (χ3v) is 5.05. The van der Waals surface area contributed by atoms with Crippen molar-refractivity contribution in [3.8, 4) is 11.5 Å². The first-order chi connectivity index (χ1) is 11.1. The minimum absolute atomic E-state index is 0.0970. The van der Waals surface area contributed by atoms with Gasteiger partial charge in [-0.15, -0.1) is 0 Å². The Labute approximate surface area is 138 Å². The van der Waals surface area contributed by atoms with Gasteiger partial charge in [0.1, 0.15) is 11.5 Å². The molecule has 0 bridgehead atoms. The smallest absolute Gasteiger partial charge is 0.122 e. The molecule has 23 heavy (non-hydrogen) atoms. The summed E-state index contributed by atoms with van der Waals surface area (Å²) in [7, 11) is 3.35. The van der Waals surface area contributed by atoms with Crippen molar-refractivity contribution in [1.29, 1.82) is 0 Å². The number of likely N-dealkylation sites (tertiary alicyclic amines) is 1. The van der Waals surface area contributed by atoms with Crippen LogP contribution in [-0.2, 0) is 11.3 Å². The molecule has 1 N–H and O–H groups in total. The van der Waals surface area contributed by atoms with E-state index in [-0.39, 0.29) is 11.7 Å². The van der Waals surface area contributed by atoms with Gasteiger partial charge in [-0.25, -0.2) is 0 Å². The molecule has 5 heteroatoms. The van der Waals surface area contributed by atoms with Crippen molar-refractivity contribution in [3.63, 3.8) is 0 Å². The zero-order valence-electron chi connectivity index (χ0n) is 14.1. The number of ether oxygens (including phenoxy) is 3. The largest absolute Gasteiger partial charge is 0.497 e. The van der Waals surface area contributed by atoms with Crippen LogP contribution in [0.1, 0.15) is 31.2 Å². The van der Waals surface area contributed by atoms with Gasteiger partial charge in [-0.05, 0) is 37.0 Å². The maximum Gasteiger partial charge on any atom is 0.122 e. The normalized spacial score (nSPS) is 24.6. The molecule has 0 radical (unpaired) electrons. The van der Waals surface area contributed by atoms with Crippen molar-refractivity contribution in [3.05, 3.63) is 23.8 Å². The van der Waals surface area contributed by atoms with Crippen LogP contribution < -0.4 is 9.47 Å². The highest BCUT2D eigenvalue weighted by Crippen LogP contribution is 2.35. The summed E-state index contributed by atoms with van der Waals surface area (Å²) in [4.78, 5) is 2.43. The molecule has 1 atom stereocenters. The number of nitrogens with zero attached hydrogens (tertiary/aromatic N) is 1. The first kappa shape index (κ1) is 16.6. The standard InChI is InChI=1S/C18H27NO4/c1-21-16-9-14(10-17(11-16)22-2)13-19-6-4-18(5-7-19)12-15(20)3-8-23-18/h9-11,15,20H,3-8,12-13H2,1-2H3. The van der Waals surface area contributed by atoms with E-state index in [0.717, 1.165) is 56.8 Å². The van der Waals surface area contributed by atoms with Gasteiger partial charge in [-0.2, -0.15) is 0 Å². The highest BCUT2D eigenvalue weighted by molar-refractivity contribution is 5.38. The van der Waals surface area contributed by atoms with E-state index >= 15 is 0 Å². The second kappa shape index (κ2) is 7.07. The molecule has 0 amide bonds. The molecule has 0 aromatic heterocycles. The maximum atomic E-state index is 9.92. The number of piperidine rings is 1. The van der Waals surface area contributed by atoms with Gasteiger partial charge in [0.25, 0.3) is 0 Å². The van der Waals surface area contributed by atoms with Gasteiger partial charge in [-0.1, -0.05) is 0 Å². The summed E-state index contributed by atoms with van der Waals surface area (Å²) >= 11 is 0. The molecule has 5 nitrogen and oxygen atoms in total. The lowest BCUT2D eigenvalue weighted by molar-refractivity contribution is -0.143. The van der Waals surface area contributed by atoms with Gasteiger partial charge in [0.05, 0.1) is 25.9 Å². The van der Waals surface area contributed by atoms with Crippen LogP contribution in [-0.4, -0.2) is 55.6 Å². The highest BCUT2D eigenvalue weighted by Gasteiger charge is 2.39. The van der Waals surface area contributed by atoms with Gasteiger partial charge < -0.3 is 19.3 Å². The van der Waals surface area contributed by atoms with Crippen molar-refractivity contribution < 1.29 is 19.3 Å². The summed E-state index contributed by atoms with van der Waals surface area (Å²) < 4.78 is 16.7. The number of hydrogen-bond donors (Lipinski definition) is 1. The third-order valence-electron chi connectivity index (χ3n) is 5.05. The van der Waals surface area contributed by atoms with Crippen molar-refractivity contribution >= 4 is 0 Å². The van der Waals surface area contributed by atoms with Gasteiger partial charge >= 0.3 is 0 Å². The van der Waals surface area contributed by atoms with E-state index in [0.29, 0.717) is 6.61 Å². The molecule has 1 spiro atoms. The van der Waals surface area contributed by atoms with Crippen LogP contribution in [0.5, 0.6) is 11.5 Å². The lowest BCUT2D eigenvalue weighted by Crippen LogP contribution is -2.50. The Bertz CT molecular complexity index is 504. The zero-order chi connectivity index (χ0) is 16.3. The predicted molar refractivity (Wildman–Crippen MR) is 88.0 cm³/mol. The summed E-state index contributed by atoms with van der Waals surface area (Å²) in [5.74, 6) is 1.65. The average Bonchev–Trinajstić information content (AvgIpc) is 2.57. The molecule has 0 aliphatic carbocycles. The molecule has 2 saturated heterocycles. The molecule has 2 aliphatic heterocycles. The van der Waals surface area contributed by atoms with Crippen molar-refractivity contribution in [2.24, 2.45) is 0 Å². The maximum absolute atomic E-state index is 9.92. The molecular weight excluding hydrogens is 294 g/mol. The summed E-state index contributed by atoms with van der Waals surface area (Å²) in [6.45, 7) is 3.55. The van der Waals surface area contributed by atoms with Crippen LogP contribution in [0.2, 0.25) is 0 Å². The van der Waals surface area contributed by atoms with Crippen molar-refractivity contribution in [2.45, 2.75) is 43.9 Å². The molecule has 1 aromatic rings. The fraction of sp³-hybridized carbons (Fsp3) is 0.667. The lowest BCUT2D eigenvalue weighted by Gasteiger charge is -2.45. The number of aliphatic hydroxyl groups is 1. The molecule has 3 rings (SSSR count). The van der Waals surface area contributed by atoms with E-state index in [1.807, 2.05) is 6.07 Å². The fourth-order valence-corrected chi connectivity index (χ4v) is 3.68. The van der Waals surface area contributed by atoms with Crippen LogP contribution in [0.15, 0.2) is 18.2 Å².